The van der Waals surface area contributed by atoms with E-state index in [1.165, 1.54) is 5.56 Å². The number of rotatable bonds is 5. The molecule has 0 saturated carbocycles. The van der Waals surface area contributed by atoms with Gasteiger partial charge in [-0.1, -0.05) is 6.07 Å². The zero-order valence-electron chi connectivity index (χ0n) is 12.5. The molecule has 0 bridgehead atoms. The molecule has 0 amide bonds. The van der Waals surface area contributed by atoms with Crippen molar-refractivity contribution in [1.82, 2.24) is 4.90 Å². The van der Waals surface area contributed by atoms with Crippen LogP contribution in [0.4, 0.5) is 0 Å². The Hall–Kier alpha value is -0.330. The Morgan fingerprint density at radius 2 is 2.14 bits per heavy atom. The topological polar surface area (TPSA) is 47.7 Å². The standard InChI is InChI=1S/C15H23BrN2O2.ClH/c1-19-13-5-6-18(12(8-13)9-17)10-11-3-4-15(20-2)14(16)7-11;/h3-4,7,12-13H,5-6,8-10,17H2,1-2H3;1H. The van der Waals surface area contributed by atoms with Crippen LogP contribution in [0.15, 0.2) is 22.7 Å². The molecule has 1 aromatic rings. The first-order valence-electron chi connectivity index (χ1n) is 6.97. The van der Waals surface area contributed by atoms with Crippen molar-refractivity contribution in [2.75, 3.05) is 27.3 Å². The van der Waals surface area contributed by atoms with Crippen molar-refractivity contribution < 1.29 is 9.47 Å². The van der Waals surface area contributed by atoms with Crippen LogP contribution in [-0.4, -0.2) is 44.4 Å². The largest absolute Gasteiger partial charge is 0.496 e. The Bertz CT molecular complexity index is 448. The molecule has 0 radical (unpaired) electrons. The lowest BCUT2D eigenvalue weighted by Gasteiger charge is -2.38. The Balaban J connectivity index is 0.00000220. The molecule has 1 fully saturated rings. The van der Waals surface area contributed by atoms with Crippen molar-refractivity contribution in [2.24, 2.45) is 5.73 Å². The van der Waals surface area contributed by atoms with E-state index in [1.807, 2.05) is 6.07 Å². The minimum absolute atomic E-state index is 0. The molecule has 2 N–H and O–H groups in total. The van der Waals surface area contributed by atoms with Crippen LogP contribution in [0, 0.1) is 0 Å². The fraction of sp³-hybridized carbons (Fsp3) is 0.600. The summed E-state index contributed by atoms with van der Waals surface area (Å²) in [6.07, 6.45) is 2.44. The number of methoxy groups -OCH3 is 2. The number of piperidine rings is 1. The molecular formula is C15H24BrClN2O2. The van der Waals surface area contributed by atoms with E-state index in [1.54, 1.807) is 14.2 Å². The predicted octanol–water partition coefficient (Wildman–Crippen LogP) is 2.82. The van der Waals surface area contributed by atoms with Gasteiger partial charge in [-0.3, -0.25) is 4.90 Å². The molecule has 1 saturated heterocycles. The van der Waals surface area contributed by atoms with Crippen LogP contribution in [0.2, 0.25) is 0 Å². The van der Waals surface area contributed by atoms with Crippen molar-refractivity contribution in [3.05, 3.63) is 28.2 Å². The number of benzene rings is 1. The maximum absolute atomic E-state index is 5.91. The van der Waals surface area contributed by atoms with Crippen molar-refractivity contribution in [1.29, 1.82) is 0 Å². The van der Waals surface area contributed by atoms with Gasteiger partial charge in [0.1, 0.15) is 5.75 Å². The highest BCUT2D eigenvalue weighted by Crippen LogP contribution is 2.27. The summed E-state index contributed by atoms with van der Waals surface area (Å²) < 4.78 is 11.7. The van der Waals surface area contributed by atoms with Crippen LogP contribution in [0.1, 0.15) is 18.4 Å². The molecular weight excluding hydrogens is 356 g/mol. The summed E-state index contributed by atoms with van der Waals surface area (Å²) in [7, 11) is 3.47. The third kappa shape index (κ3) is 4.83. The SMILES string of the molecule is COc1ccc(CN2CCC(OC)CC2CN)cc1Br.Cl. The Morgan fingerprint density at radius 3 is 2.71 bits per heavy atom. The summed E-state index contributed by atoms with van der Waals surface area (Å²) in [5, 5.41) is 0. The van der Waals surface area contributed by atoms with Gasteiger partial charge < -0.3 is 15.2 Å². The average Bonchev–Trinajstić information content (AvgIpc) is 2.48. The zero-order chi connectivity index (χ0) is 14.5. The second-order valence-electron chi connectivity index (χ2n) is 5.21. The van der Waals surface area contributed by atoms with Crippen LogP contribution >= 0.6 is 28.3 Å². The van der Waals surface area contributed by atoms with Crippen LogP contribution in [-0.2, 0) is 11.3 Å². The molecule has 1 heterocycles. The van der Waals surface area contributed by atoms with Crippen LogP contribution < -0.4 is 10.5 Å². The van der Waals surface area contributed by atoms with Crippen LogP contribution in [0.3, 0.4) is 0 Å². The molecule has 2 atom stereocenters. The third-order valence-corrected chi connectivity index (χ3v) is 4.62. The summed E-state index contributed by atoms with van der Waals surface area (Å²) in [4.78, 5) is 2.45. The molecule has 2 rings (SSSR count). The number of ether oxygens (including phenoxy) is 2. The smallest absolute Gasteiger partial charge is 0.133 e. The summed E-state index contributed by atoms with van der Waals surface area (Å²) >= 11 is 3.54. The van der Waals surface area contributed by atoms with Gasteiger partial charge in [0.05, 0.1) is 17.7 Å². The Labute approximate surface area is 141 Å². The third-order valence-electron chi connectivity index (χ3n) is 4.00. The van der Waals surface area contributed by atoms with E-state index in [0.717, 1.165) is 36.2 Å². The van der Waals surface area contributed by atoms with Crippen molar-refractivity contribution in [3.8, 4) is 5.75 Å². The Morgan fingerprint density at radius 1 is 1.38 bits per heavy atom. The normalized spacial score (nSPS) is 22.7. The second-order valence-corrected chi connectivity index (χ2v) is 6.07. The van der Waals surface area contributed by atoms with Crippen molar-refractivity contribution in [2.45, 2.75) is 31.5 Å². The summed E-state index contributed by atoms with van der Waals surface area (Å²) in [5.74, 6) is 0.863. The van der Waals surface area contributed by atoms with Gasteiger partial charge in [-0.15, -0.1) is 12.4 Å². The van der Waals surface area contributed by atoms with Crippen LogP contribution in [0.25, 0.3) is 0 Å². The van der Waals surface area contributed by atoms with Gasteiger partial charge in [-0.05, 0) is 46.5 Å². The molecule has 1 aromatic carbocycles. The Kier molecular flexibility index (Phi) is 7.98. The summed E-state index contributed by atoms with van der Waals surface area (Å²) in [5.41, 5.74) is 7.18. The number of halogens is 2. The second kappa shape index (κ2) is 8.96. The number of likely N-dealkylation sites (tertiary alicyclic amines) is 1. The van der Waals surface area contributed by atoms with E-state index in [2.05, 4.69) is 33.0 Å². The number of hydrogen-bond acceptors (Lipinski definition) is 4. The van der Waals surface area contributed by atoms with Gasteiger partial charge in [0, 0.05) is 32.8 Å². The lowest BCUT2D eigenvalue weighted by molar-refractivity contribution is 0.0102. The van der Waals surface area contributed by atoms with Gasteiger partial charge in [0.2, 0.25) is 0 Å². The lowest BCUT2D eigenvalue weighted by Crippen LogP contribution is -2.47. The number of nitrogens with zero attached hydrogens (tertiary/aromatic N) is 1. The molecule has 2 unspecified atom stereocenters. The van der Waals surface area contributed by atoms with Gasteiger partial charge in [0.15, 0.2) is 0 Å². The van der Waals surface area contributed by atoms with Gasteiger partial charge in [-0.2, -0.15) is 0 Å². The maximum Gasteiger partial charge on any atom is 0.133 e. The van der Waals surface area contributed by atoms with Gasteiger partial charge in [-0.25, -0.2) is 0 Å². The molecule has 1 aliphatic heterocycles. The van der Waals surface area contributed by atoms with E-state index in [0.29, 0.717) is 18.7 Å². The van der Waals surface area contributed by atoms with E-state index in [9.17, 15) is 0 Å². The maximum atomic E-state index is 5.91. The minimum Gasteiger partial charge on any atom is -0.496 e. The molecule has 0 aromatic heterocycles. The number of nitrogens with two attached hydrogens (primary N) is 1. The highest BCUT2D eigenvalue weighted by molar-refractivity contribution is 9.10. The predicted molar refractivity (Wildman–Crippen MR) is 91.2 cm³/mol. The lowest BCUT2D eigenvalue weighted by atomic mass is 9.98. The first kappa shape index (κ1) is 18.7. The summed E-state index contributed by atoms with van der Waals surface area (Å²) in [6.45, 7) is 2.63. The van der Waals surface area contributed by atoms with E-state index >= 15 is 0 Å². The first-order chi connectivity index (χ1) is 9.67. The summed E-state index contributed by atoms with van der Waals surface area (Å²) in [6, 6.07) is 6.63. The molecule has 0 spiro atoms. The molecule has 0 aliphatic carbocycles. The van der Waals surface area contributed by atoms with E-state index in [-0.39, 0.29) is 12.4 Å². The zero-order valence-corrected chi connectivity index (χ0v) is 15.0. The highest BCUT2D eigenvalue weighted by Gasteiger charge is 2.27. The molecule has 6 heteroatoms. The fourth-order valence-corrected chi connectivity index (χ4v) is 3.36. The quantitative estimate of drug-likeness (QED) is 0.854. The minimum atomic E-state index is 0. The first-order valence-corrected chi connectivity index (χ1v) is 7.76. The molecule has 21 heavy (non-hydrogen) atoms. The van der Waals surface area contributed by atoms with Crippen molar-refractivity contribution in [3.63, 3.8) is 0 Å². The number of hydrogen-bond donors (Lipinski definition) is 1. The molecule has 4 nitrogen and oxygen atoms in total. The monoisotopic (exact) mass is 378 g/mol. The average molecular weight is 380 g/mol. The van der Waals surface area contributed by atoms with Gasteiger partial charge >= 0.3 is 0 Å². The molecule has 1 aliphatic rings. The van der Waals surface area contributed by atoms with Crippen LogP contribution in [0.5, 0.6) is 5.75 Å². The fourth-order valence-electron chi connectivity index (χ4n) is 2.77. The highest BCUT2D eigenvalue weighted by atomic mass is 79.9. The van der Waals surface area contributed by atoms with E-state index < -0.39 is 0 Å². The van der Waals surface area contributed by atoms with Gasteiger partial charge in [0.25, 0.3) is 0 Å². The van der Waals surface area contributed by atoms with E-state index in [4.69, 9.17) is 15.2 Å². The van der Waals surface area contributed by atoms with Crippen molar-refractivity contribution >= 4 is 28.3 Å². The molecule has 120 valence electrons.